The summed E-state index contributed by atoms with van der Waals surface area (Å²) in [6.45, 7) is 6.70. The van der Waals surface area contributed by atoms with Crippen LogP contribution in [0.1, 0.15) is 33.3 Å². The number of anilines is 1. The van der Waals surface area contributed by atoms with Crippen LogP contribution in [0.2, 0.25) is 0 Å². The highest BCUT2D eigenvalue weighted by Crippen LogP contribution is 2.39. The van der Waals surface area contributed by atoms with E-state index in [0.29, 0.717) is 22.7 Å². The molecule has 0 saturated carbocycles. The van der Waals surface area contributed by atoms with Crippen LogP contribution in [0.5, 0.6) is 11.5 Å². The van der Waals surface area contributed by atoms with Crippen molar-refractivity contribution in [3.8, 4) is 11.5 Å². The highest BCUT2D eigenvalue weighted by molar-refractivity contribution is 5.88. The summed E-state index contributed by atoms with van der Waals surface area (Å²) >= 11 is 0. The van der Waals surface area contributed by atoms with E-state index < -0.39 is 17.2 Å². The molecule has 0 radical (unpaired) electrons. The molecule has 130 valence electrons. The third-order valence-corrected chi connectivity index (χ3v) is 3.10. The molecule has 0 aliphatic rings. The highest BCUT2D eigenvalue weighted by Gasteiger charge is 2.25. The maximum Gasteiger partial charge on any atom is 0.412 e. The third kappa shape index (κ3) is 5.01. The lowest BCUT2D eigenvalue weighted by molar-refractivity contribution is 0.0635. The molecule has 1 unspecified atom stereocenters. The summed E-state index contributed by atoms with van der Waals surface area (Å²) in [7, 11) is 2.94. The number of rotatable bonds is 5. The van der Waals surface area contributed by atoms with E-state index >= 15 is 0 Å². The van der Waals surface area contributed by atoms with Gasteiger partial charge in [0.25, 0.3) is 0 Å². The first-order chi connectivity index (χ1) is 10.5. The number of hydrogen-bond acceptors (Lipinski definition) is 6. The number of carbonyl (C=O) groups excluding carboxylic acids is 1. The summed E-state index contributed by atoms with van der Waals surface area (Å²) in [6, 6.07) is 3.29. The summed E-state index contributed by atoms with van der Waals surface area (Å²) in [5, 5.41) is 12.1. The molecule has 23 heavy (non-hydrogen) atoms. The predicted molar refractivity (Wildman–Crippen MR) is 88.0 cm³/mol. The molecule has 0 aliphatic heterocycles. The number of nitrogens with two attached hydrogens (primary N) is 1. The maximum absolute atomic E-state index is 12.0. The van der Waals surface area contributed by atoms with Crippen molar-refractivity contribution in [3.63, 3.8) is 0 Å². The maximum atomic E-state index is 12.0. The molecule has 0 fully saturated rings. The molecule has 1 rings (SSSR count). The Bertz CT molecular complexity index is 564. The van der Waals surface area contributed by atoms with Gasteiger partial charge < -0.3 is 25.1 Å². The summed E-state index contributed by atoms with van der Waals surface area (Å²) in [5.74, 6) is 0.733. The molecule has 1 aromatic carbocycles. The van der Waals surface area contributed by atoms with Crippen molar-refractivity contribution in [3.05, 3.63) is 17.7 Å². The van der Waals surface area contributed by atoms with Crippen molar-refractivity contribution in [1.29, 1.82) is 0 Å². The fourth-order valence-electron chi connectivity index (χ4n) is 1.89. The zero-order valence-electron chi connectivity index (χ0n) is 14.5. The molecule has 4 N–H and O–H groups in total. The molecule has 0 heterocycles. The van der Waals surface area contributed by atoms with Crippen molar-refractivity contribution in [2.75, 3.05) is 26.1 Å². The standard InChI is InChI=1S/C16H26N2O5/c1-15(2,3)23-14(20)18-11-7-10(16(4,17)9-19)8-12(21-5)13(11)22-6/h7-8,19H,9,17H2,1-6H3,(H,18,20). The second-order valence-electron chi connectivity index (χ2n) is 6.46. The van der Waals surface area contributed by atoms with Gasteiger partial charge in [-0.15, -0.1) is 0 Å². The Morgan fingerprint density at radius 1 is 1.22 bits per heavy atom. The van der Waals surface area contributed by atoms with Crippen molar-refractivity contribution in [2.24, 2.45) is 5.73 Å². The van der Waals surface area contributed by atoms with Crippen LogP contribution < -0.4 is 20.5 Å². The van der Waals surface area contributed by atoms with Crippen LogP contribution in [0.3, 0.4) is 0 Å². The fourth-order valence-corrected chi connectivity index (χ4v) is 1.89. The van der Waals surface area contributed by atoms with E-state index in [2.05, 4.69) is 5.32 Å². The van der Waals surface area contributed by atoms with Gasteiger partial charge in [0, 0.05) is 0 Å². The van der Waals surface area contributed by atoms with Gasteiger partial charge in [-0.3, -0.25) is 5.32 Å². The number of aliphatic hydroxyl groups is 1. The minimum atomic E-state index is -0.996. The number of amides is 1. The molecule has 1 atom stereocenters. The fraction of sp³-hybridized carbons (Fsp3) is 0.562. The van der Waals surface area contributed by atoms with Crippen molar-refractivity contribution < 1.29 is 24.1 Å². The van der Waals surface area contributed by atoms with Crippen molar-refractivity contribution in [1.82, 2.24) is 0 Å². The molecule has 0 bridgehead atoms. The second kappa shape index (κ2) is 7.06. The summed E-state index contributed by atoms with van der Waals surface area (Å²) in [6.07, 6.45) is -0.627. The Hall–Kier alpha value is -1.99. The molecule has 7 heteroatoms. The summed E-state index contributed by atoms with van der Waals surface area (Å²) in [5.41, 5.74) is 5.37. The topological polar surface area (TPSA) is 103 Å². The SMILES string of the molecule is COc1cc(C(C)(N)CO)cc(NC(=O)OC(C)(C)C)c1OC. The van der Waals surface area contributed by atoms with Crippen LogP contribution in [0, 0.1) is 0 Å². The summed E-state index contributed by atoms with van der Waals surface area (Å²) in [4.78, 5) is 12.0. The van der Waals surface area contributed by atoms with E-state index in [9.17, 15) is 9.90 Å². The first-order valence-corrected chi connectivity index (χ1v) is 7.20. The highest BCUT2D eigenvalue weighted by atomic mass is 16.6. The van der Waals surface area contributed by atoms with Crippen LogP contribution in [-0.4, -0.2) is 37.6 Å². The van der Waals surface area contributed by atoms with Crippen LogP contribution in [0.4, 0.5) is 10.5 Å². The van der Waals surface area contributed by atoms with E-state index in [1.165, 1.54) is 14.2 Å². The van der Waals surface area contributed by atoms with Gasteiger partial charge >= 0.3 is 6.09 Å². The molecule has 0 spiro atoms. The lowest BCUT2D eigenvalue weighted by Gasteiger charge is -2.25. The number of methoxy groups -OCH3 is 2. The number of ether oxygens (including phenoxy) is 3. The van der Waals surface area contributed by atoms with Gasteiger partial charge in [-0.25, -0.2) is 4.79 Å². The lowest BCUT2D eigenvalue weighted by Crippen LogP contribution is -2.37. The van der Waals surface area contributed by atoms with Gasteiger partial charge in [-0.1, -0.05) is 0 Å². The zero-order chi connectivity index (χ0) is 17.8. The minimum Gasteiger partial charge on any atom is -0.493 e. The Balaban J connectivity index is 3.28. The largest absolute Gasteiger partial charge is 0.493 e. The van der Waals surface area contributed by atoms with Crippen LogP contribution in [-0.2, 0) is 10.3 Å². The van der Waals surface area contributed by atoms with E-state index in [4.69, 9.17) is 19.9 Å². The summed E-state index contributed by atoms with van der Waals surface area (Å²) < 4.78 is 15.8. The minimum absolute atomic E-state index is 0.269. The molecule has 1 aromatic rings. The van der Waals surface area contributed by atoms with Crippen molar-refractivity contribution in [2.45, 2.75) is 38.8 Å². The quantitative estimate of drug-likeness (QED) is 0.766. The monoisotopic (exact) mass is 326 g/mol. The molecule has 0 aromatic heterocycles. The average Bonchev–Trinajstić information content (AvgIpc) is 2.44. The first-order valence-electron chi connectivity index (χ1n) is 7.20. The molecule has 0 saturated heterocycles. The molecule has 0 aliphatic carbocycles. The van der Waals surface area contributed by atoms with Crippen LogP contribution in [0.15, 0.2) is 12.1 Å². The Morgan fingerprint density at radius 3 is 2.26 bits per heavy atom. The predicted octanol–water partition coefficient (Wildman–Crippen LogP) is 2.22. The number of carbonyl (C=O) groups is 1. The van der Waals surface area contributed by atoms with Gasteiger partial charge in [0.15, 0.2) is 11.5 Å². The lowest BCUT2D eigenvalue weighted by atomic mass is 9.93. The number of benzene rings is 1. The van der Waals surface area contributed by atoms with Gasteiger partial charge in [-0.05, 0) is 45.4 Å². The smallest absolute Gasteiger partial charge is 0.412 e. The van der Waals surface area contributed by atoms with E-state index in [0.717, 1.165) is 0 Å². The Kier molecular flexibility index (Phi) is 5.85. The zero-order valence-corrected chi connectivity index (χ0v) is 14.5. The number of aliphatic hydroxyl groups excluding tert-OH is 1. The number of hydrogen-bond donors (Lipinski definition) is 3. The second-order valence-corrected chi connectivity index (χ2v) is 6.46. The normalized spacial score (nSPS) is 13.9. The molecule has 7 nitrogen and oxygen atoms in total. The van der Waals surface area contributed by atoms with E-state index in [1.807, 2.05) is 0 Å². The van der Waals surface area contributed by atoms with E-state index in [1.54, 1.807) is 39.8 Å². The van der Waals surface area contributed by atoms with Gasteiger partial charge in [0.05, 0.1) is 32.1 Å². The Labute approximate surface area is 136 Å². The van der Waals surface area contributed by atoms with E-state index in [-0.39, 0.29) is 6.61 Å². The molecule has 1 amide bonds. The number of nitrogens with one attached hydrogen (secondary N) is 1. The van der Waals surface area contributed by atoms with Gasteiger partial charge in [-0.2, -0.15) is 0 Å². The molecular formula is C16H26N2O5. The van der Waals surface area contributed by atoms with Gasteiger partial charge in [0.1, 0.15) is 5.60 Å². The third-order valence-electron chi connectivity index (χ3n) is 3.10. The Morgan fingerprint density at radius 2 is 1.83 bits per heavy atom. The molecular weight excluding hydrogens is 300 g/mol. The first kappa shape index (κ1) is 19.1. The van der Waals surface area contributed by atoms with Gasteiger partial charge in [0.2, 0.25) is 0 Å². The van der Waals surface area contributed by atoms with Crippen molar-refractivity contribution >= 4 is 11.8 Å². The van der Waals surface area contributed by atoms with Crippen LogP contribution >= 0.6 is 0 Å². The van der Waals surface area contributed by atoms with Crippen LogP contribution in [0.25, 0.3) is 0 Å². The average molecular weight is 326 g/mol.